The van der Waals surface area contributed by atoms with Crippen LogP contribution >= 0.6 is 0 Å². The number of carbonyl (C=O) groups excluding carboxylic acids is 1. The lowest BCUT2D eigenvalue weighted by Crippen LogP contribution is -2.06. The summed E-state index contributed by atoms with van der Waals surface area (Å²) < 4.78 is 10.4. The van der Waals surface area contributed by atoms with E-state index in [9.17, 15) is 9.90 Å². The fourth-order valence-corrected chi connectivity index (χ4v) is 2.01. The molecule has 1 aromatic carbocycles. The number of carbonyl (C=O) groups is 1. The van der Waals surface area contributed by atoms with Crippen LogP contribution in [0.4, 0.5) is 0 Å². The Morgan fingerprint density at radius 3 is 2.50 bits per heavy atom. The van der Waals surface area contributed by atoms with Gasteiger partial charge in [-0.15, -0.1) is 0 Å². The maximum Gasteiger partial charge on any atom is 0.188 e. The third-order valence-corrected chi connectivity index (χ3v) is 2.96. The molecule has 1 N–H and O–H groups in total. The quantitative estimate of drug-likeness (QED) is 0.492. The first-order valence-corrected chi connectivity index (χ1v) is 6.50. The Morgan fingerprint density at radius 2 is 2.00 bits per heavy atom. The Morgan fingerprint density at radius 1 is 1.35 bits per heavy atom. The predicted molar refractivity (Wildman–Crippen MR) is 78.5 cm³/mol. The summed E-state index contributed by atoms with van der Waals surface area (Å²) in [7, 11) is 1.53. The van der Waals surface area contributed by atoms with Crippen LogP contribution in [0.25, 0.3) is 0 Å². The summed E-state index contributed by atoms with van der Waals surface area (Å²) in [4.78, 5) is 11.7. The zero-order valence-corrected chi connectivity index (χ0v) is 12.7. The molecule has 0 amide bonds. The van der Waals surface area contributed by atoms with Crippen LogP contribution in [0.1, 0.15) is 42.3 Å². The summed E-state index contributed by atoms with van der Waals surface area (Å²) in [5, 5.41) is 10.4. The molecule has 4 heteroatoms. The number of benzene rings is 1. The summed E-state index contributed by atoms with van der Waals surface area (Å²) in [5.74, 6) is 0.391. The van der Waals surface area contributed by atoms with Crippen LogP contribution in [-0.4, -0.2) is 24.8 Å². The van der Waals surface area contributed by atoms with E-state index in [1.54, 1.807) is 13.0 Å². The Labute approximate surface area is 120 Å². The highest BCUT2D eigenvalue weighted by atomic mass is 16.7. The highest BCUT2D eigenvalue weighted by molar-refractivity contribution is 5.99. The Bertz CT molecular complexity index is 526. The van der Waals surface area contributed by atoms with E-state index in [0.717, 1.165) is 5.57 Å². The SMILES string of the molecule is COCOc1cc(C)c(C(C)=O)c(O)c1CC=C(C)C. The second kappa shape index (κ2) is 7.10. The fraction of sp³-hybridized carbons (Fsp3) is 0.438. The van der Waals surface area contributed by atoms with Crippen LogP contribution < -0.4 is 4.74 Å². The second-order valence-electron chi connectivity index (χ2n) is 4.99. The number of hydrogen-bond donors (Lipinski definition) is 1. The van der Waals surface area contributed by atoms with E-state index in [1.807, 2.05) is 19.9 Å². The average Bonchev–Trinajstić information content (AvgIpc) is 2.34. The first kappa shape index (κ1) is 16.2. The van der Waals surface area contributed by atoms with Crippen LogP contribution in [0.2, 0.25) is 0 Å². The Hall–Kier alpha value is -1.81. The summed E-state index contributed by atoms with van der Waals surface area (Å²) in [6.07, 6.45) is 2.49. The Kier molecular flexibility index (Phi) is 5.77. The van der Waals surface area contributed by atoms with E-state index in [-0.39, 0.29) is 18.3 Å². The smallest absolute Gasteiger partial charge is 0.188 e. The zero-order chi connectivity index (χ0) is 15.3. The molecule has 4 nitrogen and oxygen atoms in total. The van der Waals surface area contributed by atoms with Crippen molar-refractivity contribution in [3.05, 3.63) is 34.4 Å². The van der Waals surface area contributed by atoms with Gasteiger partial charge in [-0.1, -0.05) is 11.6 Å². The van der Waals surface area contributed by atoms with E-state index >= 15 is 0 Å². The summed E-state index contributed by atoms with van der Waals surface area (Å²) >= 11 is 0. The molecule has 0 spiro atoms. The number of phenols is 1. The molecule has 20 heavy (non-hydrogen) atoms. The number of Topliss-reactive ketones (excluding diaryl/α,β-unsaturated/α-hetero) is 1. The number of allylic oxidation sites excluding steroid dienone is 2. The number of aryl methyl sites for hydroxylation is 1. The third kappa shape index (κ3) is 3.84. The number of phenolic OH excluding ortho intramolecular Hbond substituents is 1. The molecule has 1 rings (SSSR count). The second-order valence-corrected chi connectivity index (χ2v) is 4.99. The zero-order valence-electron chi connectivity index (χ0n) is 12.7. The van der Waals surface area contributed by atoms with E-state index in [0.29, 0.717) is 28.9 Å². The van der Waals surface area contributed by atoms with Gasteiger partial charge in [0.1, 0.15) is 11.5 Å². The molecule has 0 aromatic heterocycles. The summed E-state index contributed by atoms with van der Waals surface area (Å²) in [5.41, 5.74) is 2.79. The van der Waals surface area contributed by atoms with Crippen molar-refractivity contribution in [1.82, 2.24) is 0 Å². The number of rotatable bonds is 6. The van der Waals surface area contributed by atoms with Crippen molar-refractivity contribution in [3.8, 4) is 11.5 Å². The first-order valence-electron chi connectivity index (χ1n) is 6.50. The lowest BCUT2D eigenvalue weighted by Gasteiger charge is -2.16. The van der Waals surface area contributed by atoms with Crippen molar-refractivity contribution < 1.29 is 19.4 Å². The van der Waals surface area contributed by atoms with Crippen molar-refractivity contribution in [1.29, 1.82) is 0 Å². The molecule has 0 aliphatic carbocycles. The molecule has 1 aromatic rings. The fourth-order valence-electron chi connectivity index (χ4n) is 2.01. The van der Waals surface area contributed by atoms with Gasteiger partial charge in [0.2, 0.25) is 0 Å². The Balaban J connectivity index is 3.35. The highest BCUT2D eigenvalue weighted by Crippen LogP contribution is 2.35. The largest absolute Gasteiger partial charge is 0.507 e. The maximum atomic E-state index is 11.7. The molecule has 0 saturated heterocycles. The molecule has 0 atom stereocenters. The molecule has 0 bridgehead atoms. The monoisotopic (exact) mass is 278 g/mol. The minimum atomic E-state index is -0.156. The molecule has 0 aliphatic rings. The maximum absolute atomic E-state index is 11.7. The van der Waals surface area contributed by atoms with Crippen molar-refractivity contribution in [2.24, 2.45) is 0 Å². The van der Waals surface area contributed by atoms with Crippen LogP contribution in [-0.2, 0) is 11.2 Å². The minimum absolute atomic E-state index is 0.00102. The standard InChI is InChI=1S/C16H22O4/c1-10(2)6-7-13-14(20-9-19-5)8-11(3)15(12(4)17)16(13)18/h6,8,18H,7,9H2,1-5H3. The van der Waals surface area contributed by atoms with Gasteiger partial charge >= 0.3 is 0 Å². The van der Waals surface area contributed by atoms with Gasteiger partial charge in [-0.3, -0.25) is 4.79 Å². The van der Waals surface area contributed by atoms with Gasteiger partial charge in [0.15, 0.2) is 12.6 Å². The lowest BCUT2D eigenvalue weighted by atomic mass is 9.97. The molecule has 0 fully saturated rings. The number of aromatic hydroxyl groups is 1. The molecular formula is C16H22O4. The molecule has 0 radical (unpaired) electrons. The van der Waals surface area contributed by atoms with Crippen molar-refractivity contribution in [3.63, 3.8) is 0 Å². The normalized spacial score (nSPS) is 10.2. The van der Waals surface area contributed by atoms with Gasteiger partial charge < -0.3 is 14.6 Å². The van der Waals surface area contributed by atoms with Gasteiger partial charge in [0.25, 0.3) is 0 Å². The predicted octanol–water partition coefficient (Wildman–Crippen LogP) is 3.39. The van der Waals surface area contributed by atoms with Gasteiger partial charge in [0.05, 0.1) is 5.56 Å². The molecule has 0 aliphatic heterocycles. The van der Waals surface area contributed by atoms with Crippen LogP contribution in [0.5, 0.6) is 11.5 Å². The van der Waals surface area contributed by atoms with Crippen molar-refractivity contribution >= 4 is 5.78 Å². The van der Waals surface area contributed by atoms with E-state index in [4.69, 9.17) is 9.47 Å². The first-order chi connectivity index (χ1) is 9.38. The van der Waals surface area contributed by atoms with Crippen LogP contribution in [0.15, 0.2) is 17.7 Å². The lowest BCUT2D eigenvalue weighted by molar-refractivity contribution is 0.0503. The van der Waals surface area contributed by atoms with Crippen LogP contribution in [0.3, 0.4) is 0 Å². The number of ketones is 1. The number of ether oxygens (including phenoxy) is 2. The van der Waals surface area contributed by atoms with Gasteiger partial charge in [-0.2, -0.15) is 0 Å². The van der Waals surface area contributed by atoms with E-state index in [1.165, 1.54) is 14.0 Å². The van der Waals surface area contributed by atoms with Gasteiger partial charge in [-0.25, -0.2) is 0 Å². The summed E-state index contributed by atoms with van der Waals surface area (Å²) in [6.45, 7) is 7.28. The van der Waals surface area contributed by atoms with E-state index in [2.05, 4.69) is 0 Å². The van der Waals surface area contributed by atoms with Crippen molar-refractivity contribution in [2.45, 2.75) is 34.1 Å². The molecule has 110 valence electrons. The molecule has 0 unspecified atom stereocenters. The van der Waals surface area contributed by atoms with Gasteiger partial charge in [0, 0.05) is 12.7 Å². The topological polar surface area (TPSA) is 55.8 Å². The van der Waals surface area contributed by atoms with Crippen LogP contribution in [0, 0.1) is 6.92 Å². The molecule has 0 saturated carbocycles. The van der Waals surface area contributed by atoms with Crippen molar-refractivity contribution in [2.75, 3.05) is 13.9 Å². The molecule has 0 heterocycles. The minimum Gasteiger partial charge on any atom is -0.507 e. The van der Waals surface area contributed by atoms with Gasteiger partial charge in [-0.05, 0) is 45.7 Å². The highest BCUT2D eigenvalue weighted by Gasteiger charge is 2.18. The third-order valence-electron chi connectivity index (χ3n) is 2.96. The van der Waals surface area contributed by atoms with E-state index < -0.39 is 0 Å². The number of methoxy groups -OCH3 is 1. The molecular weight excluding hydrogens is 256 g/mol. The summed E-state index contributed by atoms with van der Waals surface area (Å²) in [6, 6.07) is 1.77. The number of hydrogen-bond acceptors (Lipinski definition) is 4. The average molecular weight is 278 g/mol.